The number of halogens is 3. The third-order valence-corrected chi connectivity index (χ3v) is 4.08. The van der Waals surface area contributed by atoms with Crippen LogP contribution in [-0.2, 0) is 6.18 Å². The molecule has 1 aromatic heterocycles. The molecular weight excluding hydrogens is 331 g/mol. The second-order valence-corrected chi connectivity index (χ2v) is 5.78. The standard InChI is InChI=1S/C18H22F3N3O/c1-5-12(3)13-8-7-9-14(10-13)24(4)16-15(18(19,20)21)11-22-17(23-16)25-6-2/h7-12H,5-6H2,1-4H3. The molecule has 0 fully saturated rings. The van der Waals surface area contributed by atoms with Crippen LogP contribution >= 0.6 is 0 Å². The summed E-state index contributed by atoms with van der Waals surface area (Å²) in [6.45, 7) is 6.15. The average Bonchev–Trinajstić information content (AvgIpc) is 2.59. The Kier molecular flexibility index (Phi) is 5.87. The Labute approximate surface area is 145 Å². The summed E-state index contributed by atoms with van der Waals surface area (Å²) in [6.07, 6.45) is -2.84. The summed E-state index contributed by atoms with van der Waals surface area (Å²) in [4.78, 5) is 9.04. The fraction of sp³-hybridized carbons (Fsp3) is 0.444. The first-order valence-electron chi connectivity index (χ1n) is 8.18. The van der Waals surface area contributed by atoms with Crippen molar-refractivity contribution in [2.24, 2.45) is 0 Å². The van der Waals surface area contributed by atoms with Crippen LogP contribution in [0.3, 0.4) is 0 Å². The quantitative estimate of drug-likeness (QED) is 0.718. The average molecular weight is 353 g/mol. The Hall–Kier alpha value is -2.31. The summed E-state index contributed by atoms with van der Waals surface area (Å²) in [5.41, 5.74) is 0.802. The predicted octanol–water partition coefficient (Wildman–Crippen LogP) is 5.18. The summed E-state index contributed by atoms with van der Waals surface area (Å²) in [5.74, 6) is 0.0899. The van der Waals surface area contributed by atoms with Gasteiger partial charge in [0.1, 0.15) is 5.56 Å². The van der Waals surface area contributed by atoms with Gasteiger partial charge in [0.05, 0.1) is 6.61 Å². The van der Waals surface area contributed by atoms with Crippen LogP contribution in [0.25, 0.3) is 0 Å². The maximum absolute atomic E-state index is 13.4. The van der Waals surface area contributed by atoms with Crippen molar-refractivity contribution in [1.29, 1.82) is 0 Å². The van der Waals surface area contributed by atoms with Crippen molar-refractivity contribution >= 4 is 11.5 Å². The molecule has 0 saturated carbocycles. The molecule has 0 radical (unpaired) electrons. The molecular formula is C18H22F3N3O. The first kappa shape index (κ1) is 19.0. The lowest BCUT2D eigenvalue weighted by atomic mass is 9.98. The minimum absolute atomic E-state index is 0.0737. The molecule has 136 valence electrons. The number of benzene rings is 1. The Balaban J connectivity index is 2.50. The van der Waals surface area contributed by atoms with Crippen LogP contribution in [0.1, 0.15) is 44.2 Å². The van der Waals surface area contributed by atoms with Crippen molar-refractivity contribution in [1.82, 2.24) is 9.97 Å². The molecule has 1 atom stereocenters. The van der Waals surface area contributed by atoms with E-state index in [9.17, 15) is 13.2 Å². The summed E-state index contributed by atoms with van der Waals surface area (Å²) in [7, 11) is 1.56. The van der Waals surface area contributed by atoms with E-state index in [0.29, 0.717) is 11.6 Å². The molecule has 2 aromatic rings. The fourth-order valence-corrected chi connectivity index (χ4v) is 2.41. The maximum Gasteiger partial charge on any atom is 0.421 e. The second-order valence-electron chi connectivity index (χ2n) is 5.78. The van der Waals surface area contributed by atoms with E-state index in [1.165, 1.54) is 4.90 Å². The summed E-state index contributed by atoms with van der Waals surface area (Å²) in [6, 6.07) is 7.38. The van der Waals surface area contributed by atoms with E-state index in [1.807, 2.05) is 18.2 Å². The SMILES string of the molecule is CCOc1ncc(C(F)(F)F)c(N(C)c2cccc(C(C)CC)c2)n1. The summed E-state index contributed by atoms with van der Waals surface area (Å²) >= 11 is 0. The first-order valence-corrected chi connectivity index (χ1v) is 8.18. The maximum atomic E-state index is 13.4. The highest BCUT2D eigenvalue weighted by atomic mass is 19.4. The number of alkyl halides is 3. The van der Waals surface area contributed by atoms with Gasteiger partial charge >= 0.3 is 12.2 Å². The highest BCUT2D eigenvalue weighted by molar-refractivity contribution is 5.63. The van der Waals surface area contributed by atoms with E-state index in [0.717, 1.165) is 18.2 Å². The number of hydrogen-bond donors (Lipinski definition) is 0. The molecule has 7 heteroatoms. The van der Waals surface area contributed by atoms with Crippen molar-refractivity contribution in [3.8, 4) is 6.01 Å². The van der Waals surface area contributed by atoms with Gasteiger partial charge in [0, 0.05) is 18.9 Å². The second kappa shape index (κ2) is 7.72. The van der Waals surface area contributed by atoms with E-state index >= 15 is 0 Å². The van der Waals surface area contributed by atoms with Crippen molar-refractivity contribution in [2.45, 2.75) is 39.3 Å². The Morgan fingerprint density at radius 2 is 1.96 bits per heavy atom. The molecule has 0 aliphatic carbocycles. The zero-order valence-corrected chi connectivity index (χ0v) is 14.8. The lowest BCUT2D eigenvalue weighted by Crippen LogP contribution is -2.19. The molecule has 1 unspecified atom stereocenters. The minimum Gasteiger partial charge on any atom is -0.464 e. The lowest BCUT2D eigenvalue weighted by molar-refractivity contribution is -0.137. The Morgan fingerprint density at radius 3 is 2.56 bits per heavy atom. The fourth-order valence-electron chi connectivity index (χ4n) is 2.41. The van der Waals surface area contributed by atoms with Crippen LogP contribution in [0.5, 0.6) is 6.01 Å². The van der Waals surface area contributed by atoms with E-state index < -0.39 is 11.7 Å². The molecule has 0 aliphatic rings. The van der Waals surface area contributed by atoms with Crippen molar-refractivity contribution in [3.05, 3.63) is 41.6 Å². The van der Waals surface area contributed by atoms with Crippen LogP contribution in [0, 0.1) is 0 Å². The molecule has 1 aromatic carbocycles. The van der Waals surface area contributed by atoms with Crippen LogP contribution in [0.15, 0.2) is 30.5 Å². The van der Waals surface area contributed by atoms with Crippen LogP contribution in [0.2, 0.25) is 0 Å². The van der Waals surface area contributed by atoms with Crippen LogP contribution in [-0.4, -0.2) is 23.6 Å². The zero-order chi connectivity index (χ0) is 18.6. The molecule has 0 saturated heterocycles. The molecule has 0 aliphatic heterocycles. The lowest BCUT2D eigenvalue weighted by Gasteiger charge is -2.23. The van der Waals surface area contributed by atoms with E-state index in [4.69, 9.17) is 4.74 Å². The van der Waals surface area contributed by atoms with Gasteiger partial charge in [-0.25, -0.2) is 4.98 Å². The van der Waals surface area contributed by atoms with Gasteiger partial charge in [-0.15, -0.1) is 0 Å². The Morgan fingerprint density at radius 1 is 1.24 bits per heavy atom. The van der Waals surface area contributed by atoms with Crippen LogP contribution < -0.4 is 9.64 Å². The monoisotopic (exact) mass is 353 g/mol. The van der Waals surface area contributed by atoms with E-state index in [-0.39, 0.29) is 18.4 Å². The molecule has 0 bridgehead atoms. The van der Waals surface area contributed by atoms with E-state index in [2.05, 4.69) is 23.8 Å². The van der Waals surface area contributed by atoms with Gasteiger partial charge in [0.25, 0.3) is 0 Å². The number of nitrogens with zero attached hydrogens (tertiary/aromatic N) is 3. The topological polar surface area (TPSA) is 38.2 Å². The van der Waals surface area contributed by atoms with Gasteiger partial charge in [-0.2, -0.15) is 18.2 Å². The molecule has 4 nitrogen and oxygen atoms in total. The summed E-state index contributed by atoms with van der Waals surface area (Å²) < 4.78 is 45.2. The van der Waals surface area contributed by atoms with Crippen molar-refractivity contribution < 1.29 is 17.9 Å². The number of anilines is 2. The largest absolute Gasteiger partial charge is 0.464 e. The first-order chi connectivity index (χ1) is 11.8. The number of rotatable bonds is 6. The predicted molar refractivity (Wildman–Crippen MR) is 91.4 cm³/mol. The van der Waals surface area contributed by atoms with Gasteiger partial charge < -0.3 is 9.64 Å². The third kappa shape index (κ3) is 4.41. The molecule has 25 heavy (non-hydrogen) atoms. The van der Waals surface area contributed by atoms with Gasteiger partial charge in [0.2, 0.25) is 0 Å². The number of ether oxygens (including phenoxy) is 1. The molecule has 0 amide bonds. The van der Waals surface area contributed by atoms with Crippen molar-refractivity contribution in [2.75, 3.05) is 18.6 Å². The Bertz CT molecular complexity index is 719. The number of aromatic nitrogens is 2. The zero-order valence-electron chi connectivity index (χ0n) is 14.8. The molecule has 2 rings (SSSR count). The number of hydrogen-bond acceptors (Lipinski definition) is 4. The van der Waals surface area contributed by atoms with Crippen molar-refractivity contribution in [3.63, 3.8) is 0 Å². The van der Waals surface area contributed by atoms with Crippen LogP contribution in [0.4, 0.5) is 24.7 Å². The van der Waals surface area contributed by atoms with Gasteiger partial charge in [-0.1, -0.05) is 26.0 Å². The van der Waals surface area contributed by atoms with Gasteiger partial charge in [0.15, 0.2) is 5.82 Å². The minimum atomic E-state index is -4.55. The van der Waals surface area contributed by atoms with Gasteiger partial charge in [-0.3, -0.25) is 0 Å². The highest BCUT2D eigenvalue weighted by Crippen LogP contribution is 2.38. The third-order valence-electron chi connectivity index (χ3n) is 4.08. The smallest absolute Gasteiger partial charge is 0.421 e. The van der Waals surface area contributed by atoms with E-state index in [1.54, 1.807) is 20.0 Å². The normalized spacial score (nSPS) is 12.8. The highest BCUT2D eigenvalue weighted by Gasteiger charge is 2.36. The molecule has 0 N–H and O–H groups in total. The molecule has 1 heterocycles. The van der Waals surface area contributed by atoms with Gasteiger partial charge in [-0.05, 0) is 37.0 Å². The molecule has 0 spiro atoms. The summed E-state index contributed by atoms with van der Waals surface area (Å²) in [5, 5.41) is 0.